The minimum absolute atomic E-state index is 0.118. The summed E-state index contributed by atoms with van der Waals surface area (Å²) in [6, 6.07) is 26.6. The predicted molar refractivity (Wildman–Crippen MR) is 105 cm³/mol. The molecule has 1 saturated heterocycles. The summed E-state index contributed by atoms with van der Waals surface area (Å²) in [4.78, 5) is 14.4. The van der Waals surface area contributed by atoms with E-state index in [-0.39, 0.29) is 5.91 Å². The van der Waals surface area contributed by atoms with Gasteiger partial charge < -0.3 is 9.47 Å². The Hall–Kier alpha value is -3.53. The van der Waals surface area contributed by atoms with E-state index in [2.05, 4.69) is 0 Å². The topological polar surface area (TPSA) is 38.8 Å². The van der Waals surface area contributed by atoms with E-state index < -0.39 is 6.10 Å². The third-order valence-corrected chi connectivity index (χ3v) is 4.29. The molecule has 1 heterocycles. The average Bonchev–Trinajstić information content (AvgIpc) is 2.70. The van der Waals surface area contributed by atoms with E-state index >= 15 is 0 Å². The van der Waals surface area contributed by atoms with Crippen LogP contribution in [0.15, 0.2) is 96.9 Å². The maximum absolute atomic E-state index is 12.8. The van der Waals surface area contributed by atoms with Crippen molar-refractivity contribution in [2.24, 2.45) is 0 Å². The SMILES string of the molecule is Cc1cccc(N2C(=O)C(Oc3ccccc3)/C2=C\Oc2ccccc2)c1. The zero-order chi connectivity index (χ0) is 18.6. The minimum Gasteiger partial charge on any atom is -0.474 e. The van der Waals surface area contributed by atoms with Gasteiger partial charge in [-0.3, -0.25) is 9.69 Å². The van der Waals surface area contributed by atoms with Crippen molar-refractivity contribution in [2.45, 2.75) is 13.0 Å². The van der Waals surface area contributed by atoms with Crippen LogP contribution in [0.3, 0.4) is 0 Å². The Labute approximate surface area is 158 Å². The van der Waals surface area contributed by atoms with E-state index in [0.717, 1.165) is 11.3 Å². The fourth-order valence-corrected chi connectivity index (χ4v) is 2.95. The normalized spacial score (nSPS) is 17.5. The van der Waals surface area contributed by atoms with Crippen molar-refractivity contribution in [2.75, 3.05) is 4.90 Å². The van der Waals surface area contributed by atoms with Gasteiger partial charge in [0, 0.05) is 5.69 Å². The van der Waals surface area contributed by atoms with Gasteiger partial charge >= 0.3 is 0 Å². The van der Waals surface area contributed by atoms with E-state index in [9.17, 15) is 4.79 Å². The average molecular weight is 357 g/mol. The van der Waals surface area contributed by atoms with E-state index in [0.29, 0.717) is 17.2 Å². The van der Waals surface area contributed by atoms with Crippen LogP contribution < -0.4 is 14.4 Å². The van der Waals surface area contributed by atoms with Gasteiger partial charge in [-0.25, -0.2) is 0 Å². The van der Waals surface area contributed by atoms with Crippen molar-refractivity contribution in [3.8, 4) is 11.5 Å². The first-order chi connectivity index (χ1) is 13.2. The van der Waals surface area contributed by atoms with E-state index in [1.54, 1.807) is 11.2 Å². The first-order valence-electron chi connectivity index (χ1n) is 8.76. The van der Waals surface area contributed by atoms with E-state index in [1.165, 1.54) is 0 Å². The molecule has 0 N–H and O–H groups in total. The van der Waals surface area contributed by atoms with Crippen molar-refractivity contribution in [3.05, 3.63) is 102 Å². The summed E-state index contributed by atoms with van der Waals surface area (Å²) in [5, 5.41) is 0. The smallest absolute Gasteiger partial charge is 0.279 e. The molecule has 1 fully saturated rings. The van der Waals surface area contributed by atoms with Gasteiger partial charge in [0.1, 0.15) is 23.5 Å². The van der Waals surface area contributed by atoms with Crippen LogP contribution in [0.5, 0.6) is 11.5 Å². The molecule has 1 amide bonds. The third-order valence-electron chi connectivity index (χ3n) is 4.29. The molecule has 0 aliphatic carbocycles. The highest BCUT2D eigenvalue weighted by atomic mass is 16.5. The van der Waals surface area contributed by atoms with Gasteiger partial charge in [-0.15, -0.1) is 0 Å². The summed E-state index contributed by atoms with van der Waals surface area (Å²) >= 11 is 0. The lowest BCUT2D eigenvalue weighted by atomic mass is 10.0. The highest BCUT2D eigenvalue weighted by molar-refractivity contribution is 6.10. The molecule has 1 aliphatic rings. The highest BCUT2D eigenvalue weighted by Crippen LogP contribution is 2.34. The lowest BCUT2D eigenvalue weighted by molar-refractivity contribution is -0.128. The van der Waals surface area contributed by atoms with Crippen LogP contribution in [0.2, 0.25) is 0 Å². The van der Waals surface area contributed by atoms with Gasteiger partial charge in [-0.1, -0.05) is 48.5 Å². The molecule has 0 spiro atoms. The van der Waals surface area contributed by atoms with Crippen LogP contribution in [-0.2, 0) is 4.79 Å². The van der Waals surface area contributed by atoms with Crippen LogP contribution in [0, 0.1) is 6.92 Å². The first-order valence-corrected chi connectivity index (χ1v) is 8.76. The molecule has 4 rings (SSSR count). The summed E-state index contributed by atoms with van der Waals surface area (Å²) in [5.74, 6) is 1.23. The largest absolute Gasteiger partial charge is 0.474 e. The lowest BCUT2D eigenvalue weighted by Crippen LogP contribution is -2.57. The number of carbonyl (C=O) groups excluding carboxylic acids is 1. The number of hydrogen-bond donors (Lipinski definition) is 0. The van der Waals surface area contributed by atoms with Crippen LogP contribution >= 0.6 is 0 Å². The van der Waals surface area contributed by atoms with Gasteiger partial charge in [0.2, 0.25) is 6.10 Å². The fraction of sp³-hybridized carbons (Fsp3) is 0.0870. The van der Waals surface area contributed by atoms with Gasteiger partial charge in [0.15, 0.2) is 0 Å². The summed E-state index contributed by atoms with van der Waals surface area (Å²) in [6.45, 7) is 2.00. The van der Waals surface area contributed by atoms with E-state index in [1.807, 2.05) is 91.9 Å². The summed E-state index contributed by atoms with van der Waals surface area (Å²) in [6.07, 6.45) is 0.892. The highest BCUT2D eigenvalue weighted by Gasteiger charge is 2.46. The Morgan fingerprint density at radius 2 is 1.52 bits per heavy atom. The fourth-order valence-electron chi connectivity index (χ4n) is 2.95. The molecule has 27 heavy (non-hydrogen) atoms. The molecule has 4 heteroatoms. The quantitative estimate of drug-likeness (QED) is 0.490. The Morgan fingerprint density at radius 1 is 0.852 bits per heavy atom. The van der Waals surface area contributed by atoms with Crippen LogP contribution in [-0.4, -0.2) is 12.0 Å². The second kappa shape index (κ2) is 7.38. The van der Waals surface area contributed by atoms with Crippen LogP contribution in [0.25, 0.3) is 0 Å². The molecule has 0 saturated carbocycles. The zero-order valence-corrected chi connectivity index (χ0v) is 14.9. The molecule has 0 aromatic heterocycles. The zero-order valence-electron chi connectivity index (χ0n) is 14.9. The van der Waals surface area contributed by atoms with Crippen molar-refractivity contribution in [3.63, 3.8) is 0 Å². The van der Waals surface area contributed by atoms with Gasteiger partial charge in [0.25, 0.3) is 5.91 Å². The van der Waals surface area contributed by atoms with Crippen molar-refractivity contribution < 1.29 is 14.3 Å². The van der Waals surface area contributed by atoms with E-state index in [4.69, 9.17) is 9.47 Å². The Morgan fingerprint density at radius 3 is 2.19 bits per heavy atom. The standard InChI is InChI=1S/C23H19NO3/c1-17-9-8-10-18(15-17)24-21(16-26-19-11-4-2-5-12-19)22(23(24)25)27-20-13-6-3-7-14-20/h2-16,22H,1H3/b21-16+. The first kappa shape index (κ1) is 16.9. The van der Waals surface area contributed by atoms with Gasteiger partial charge in [0.05, 0.1) is 0 Å². The summed E-state index contributed by atoms with van der Waals surface area (Å²) < 4.78 is 11.7. The maximum atomic E-state index is 12.8. The summed E-state index contributed by atoms with van der Waals surface area (Å²) in [5.41, 5.74) is 2.55. The molecule has 1 atom stereocenters. The van der Waals surface area contributed by atoms with Crippen LogP contribution in [0.4, 0.5) is 5.69 Å². The van der Waals surface area contributed by atoms with Crippen molar-refractivity contribution in [1.29, 1.82) is 0 Å². The third kappa shape index (κ3) is 3.55. The number of ether oxygens (including phenoxy) is 2. The number of rotatable bonds is 5. The number of anilines is 1. The Bertz CT molecular complexity index is 967. The van der Waals surface area contributed by atoms with Crippen molar-refractivity contribution in [1.82, 2.24) is 0 Å². The molecule has 1 unspecified atom stereocenters. The number of aryl methyl sites for hydroxylation is 1. The number of para-hydroxylation sites is 2. The number of hydrogen-bond acceptors (Lipinski definition) is 3. The molecule has 3 aromatic carbocycles. The molecular formula is C23H19NO3. The molecule has 0 radical (unpaired) electrons. The number of nitrogens with zero attached hydrogens (tertiary/aromatic N) is 1. The number of β-lactam (4-membered cyclic amide) rings is 1. The van der Waals surface area contributed by atoms with Crippen LogP contribution in [0.1, 0.15) is 5.56 Å². The predicted octanol–water partition coefficient (Wildman–Crippen LogP) is 4.71. The molecule has 4 nitrogen and oxygen atoms in total. The lowest BCUT2D eigenvalue weighted by Gasteiger charge is -2.40. The molecular weight excluding hydrogens is 338 g/mol. The molecule has 1 aliphatic heterocycles. The Balaban J connectivity index is 1.63. The monoisotopic (exact) mass is 357 g/mol. The second-order valence-electron chi connectivity index (χ2n) is 6.30. The molecule has 0 bridgehead atoms. The van der Waals surface area contributed by atoms with Crippen molar-refractivity contribution >= 4 is 11.6 Å². The summed E-state index contributed by atoms with van der Waals surface area (Å²) in [7, 11) is 0. The molecule has 3 aromatic rings. The number of amides is 1. The van der Waals surface area contributed by atoms with Gasteiger partial charge in [-0.2, -0.15) is 0 Å². The molecule has 134 valence electrons. The number of carbonyl (C=O) groups is 1. The Kier molecular flexibility index (Phi) is 4.62. The number of benzene rings is 3. The maximum Gasteiger partial charge on any atom is 0.279 e. The second-order valence-corrected chi connectivity index (χ2v) is 6.30. The van der Waals surface area contributed by atoms with Gasteiger partial charge in [-0.05, 0) is 48.9 Å². The minimum atomic E-state index is -0.698.